The van der Waals surface area contributed by atoms with E-state index in [-0.39, 0.29) is 18.4 Å². The molecule has 0 radical (unpaired) electrons. The van der Waals surface area contributed by atoms with Crippen LogP contribution < -0.4 is 16.4 Å². The normalized spacial score (nSPS) is 16.5. The number of nitrogens with two attached hydrogens (primary N) is 1. The fourth-order valence-electron chi connectivity index (χ4n) is 3.43. The fraction of sp³-hybridized carbons (Fsp3) is 0.579. The highest BCUT2D eigenvalue weighted by Crippen LogP contribution is 2.23. The number of hydrogen-bond acceptors (Lipinski definition) is 3. The lowest BCUT2D eigenvalue weighted by Gasteiger charge is -2.33. The molecule has 1 heterocycles. The van der Waals surface area contributed by atoms with E-state index in [0.29, 0.717) is 5.92 Å². The van der Waals surface area contributed by atoms with Crippen LogP contribution in [0.2, 0.25) is 0 Å². The molecular weight excluding hydrogens is 316 g/mol. The number of amides is 3. The molecule has 1 aliphatic heterocycles. The lowest BCUT2D eigenvalue weighted by molar-refractivity contribution is -0.133. The molecule has 1 atom stereocenters. The third kappa shape index (κ3) is 6.05. The number of rotatable bonds is 7. The first kappa shape index (κ1) is 19.2. The van der Waals surface area contributed by atoms with Crippen molar-refractivity contribution in [1.82, 2.24) is 15.5 Å². The first-order valence-electron chi connectivity index (χ1n) is 9.04. The zero-order valence-electron chi connectivity index (χ0n) is 15.3. The molecule has 0 spiro atoms. The average Bonchev–Trinajstić information content (AvgIpc) is 2.59. The Balaban J connectivity index is 1.94. The van der Waals surface area contributed by atoms with E-state index in [2.05, 4.69) is 10.6 Å². The number of nitrogens with one attached hydrogen (secondary N) is 2. The van der Waals surface area contributed by atoms with Gasteiger partial charge in [-0.1, -0.05) is 29.8 Å². The standard InChI is InChI=1S/C19H30N4O2/c1-14-4-3-5-16(12-14)17(22-19(20)25)13-18(24)23-10-7-15(8-11-23)6-9-21-2/h3-5,12,15,17,21H,6-11,13H2,1-2H3,(H3,20,22,25). The van der Waals surface area contributed by atoms with Gasteiger partial charge in [-0.2, -0.15) is 0 Å². The Bertz CT molecular complexity index is 583. The number of benzene rings is 1. The molecule has 3 amide bonds. The van der Waals surface area contributed by atoms with Gasteiger partial charge in [0, 0.05) is 13.1 Å². The van der Waals surface area contributed by atoms with E-state index in [9.17, 15) is 9.59 Å². The van der Waals surface area contributed by atoms with Crippen LogP contribution in [0.15, 0.2) is 24.3 Å². The second-order valence-electron chi connectivity index (χ2n) is 6.90. The monoisotopic (exact) mass is 346 g/mol. The molecule has 6 nitrogen and oxygen atoms in total. The predicted octanol–water partition coefficient (Wildman–Crippen LogP) is 1.94. The number of aryl methyl sites for hydroxylation is 1. The summed E-state index contributed by atoms with van der Waals surface area (Å²) >= 11 is 0. The van der Waals surface area contributed by atoms with Gasteiger partial charge in [0.2, 0.25) is 5.91 Å². The third-order valence-corrected chi connectivity index (χ3v) is 4.91. The summed E-state index contributed by atoms with van der Waals surface area (Å²) in [5.41, 5.74) is 7.31. The van der Waals surface area contributed by atoms with Crippen LogP contribution in [0.25, 0.3) is 0 Å². The van der Waals surface area contributed by atoms with Crippen LogP contribution in [0, 0.1) is 12.8 Å². The number of primary amides is 1. The third-order valence-electron chi connectivity index (χ3n) is 4.91. The molecule has 4 N–H and O–H groups in total. The van der Waals surface area contributed by atoms with Crippen molar-refractivity contribution in [2.45, 2.75) is 38.6 Å². The Labute approximate surface area is 150 Å². The Hall–Kier alpha value is -2.08. The molecule has 2 rings (SSSR count). The summed E-state index contributed by atoms with van der Waals surface area (Å²) in [4.78, 5) is 26.0. The van der Waals surface area contributed by atoms with Crippen molar-refractivity contribution in [2.75, 3.05) is 26.7 Å². The SMILES string of the molecule is CNCCC1CCN(C(=O)CC(NC(N)=O)c2cccc(C)c2)CC1. The van der Waals surface area contributed by atoms with E-state index < -0.39 is 6.03 Å². The van der Waals surface area contributed by atoms with E-state index >= 15 is 0 Å². The summed E-state index contributed by atoms with van der Waals surface area (Å²) < 4.78 is 0. The van der Waals surface area contributed by atoms with Crippen LogP contribution >= 0.6 is 0 Å². The van der Waals surface area contributed by atoms with Gasteiger partial charge < -0.3 is 21.3 Å². The zero-order valence-corrected chi connectivity index (χ0v) is 15.3. The van der Waals surface area contributed by atoms with E-state index in [1.165, 1.54) is 0 Å². The quantitative estimate of drug-likeness (QED) is 0.705. The minimum absolute atomic E-state index is 0.0762. The maximum absolute atomic E-state index is 12.7. The molecule has 0 aromatic heterocycles. The van der Waals surface area contributed by atoms with Crippen molar-refractivity contribution in [2.24, 2.45) is 11.7 Å². The maximum Gasteiger partial charge on any atom is 0.312 e. The number of nitrogens with zero attached hydrogens (tertiary/aromatic N) is 1. The lowest BCUT2D eigenvalue weighted by Crippen LogP contribution is -2.42. The Morgan fingerprint density at radius 1 is 1.32 bits per heavy atom. The summed E-state index contributed by atoms with van der Waals surface area (Å²) in [7, 11) is 1.97. The summed E-state index contributed by atoms with van der Waals surface area (Å²) in [6.45, 7) is 4.60. The molecule has 0 aliphatic carbocycles. The van der Waals surface area contributed by atoms with Crippen LogP contribution in [0.4, 0.5) is 4.79 Å². The van der Waals surface area contributed by atoms with E-state index in [1.54, 1.807) is 0 Å². The number of hydrogen-bond donors (Lipinski definition) is 3. The molecule has 1 unspecified atom stereocenters. The van der Waals surface area contributed by atoms with Crippen LogP contribution in [0.5, 0.6) is 0 Å². The largest absolute Gasteiger partial charge is 0.352 e. The highest BCUT2D eigenvalue weighted by atomic mass is 16.2. The fourth-order valence-corrected chi connectivity index (χ4v) is 3.43. The Morgan fingerprint density at radius 2 is 2.04 bits per heavy atom. The predicted molar refractivity (Wildman–Crippen MR) is 99.1 cm³/mol. The molecule has 138 valence electrons. The average molecular weight is 346 g/mol. The minimum atomic E-state index is -0.606. The first-order valence-corrected chi connectivity index (χ1v) is 9.04. The summed E-state index contributed by atoms with van der Waals surface area (Å²) in [6, 6.07) is 6.83. The van der Waals surface area contributed by atoms with Gasteiger partial charge in [-0.15, -0.1) is 0 Å². The number of carbonyl (C=O) groups is 2. The molecule has 1 saturated heterocycles. The molecule has 1 aromatic rings. The van der Waals surface area contributed by atoms with Crippen LogP contribution in [-0.2, 0) is 4.79 Å². The van der Waals surface area contributed by atoms with Crippen molar-refractivity contribution < 1.29 is 9.59 Å². The molecule has 0 saturated carbocycles. The van der Waals surface area contributed by atoms with Gasteiger partial charge in [-0.3, -0.25) is 4.79 Å². The van der Waals surface area contributed by atoms with Gasteiger partial charge in [0.05, 0.1) is 12.5 Å². The van der Waals surface area contributed by atoms with Gasteiger partial charge in [0.25, 0.3) is 0 Å². The Morgan fingerprint density at radius 3 is 2.64 bits per heavy atom. The van der Waals surface area contributed by atoms with Gasteiger partial charge in [0.1, 0.15) is 0 Å². The van der Waals surface area contributed by atoms with Crippen LogP contribution in [0.3, 0.4) is 0 Å². The van der Waals surface area contributed by atoms with Crippen LogP contribution in [0.1, 0.15) is 42.9 Å². The molecule has 0 bridgehead atoms. The molecule has 25 heavy (non-hydrogen) atoms. The molecule has 6 heteroatoms. The molecule has 1 fully saturated rings. The highest BCUT2D eigenvalue weighted by molar-refractivity contribution is 5.79. The van der Waals surface area contributed by atoms with Crippen molar-refractivity contribution in [3.63, 3.8) is 0 Å². The minimum Gasteiger partial charge on any atom is -0.352 e. The van der Waals surface area contributed by atoms with E-state index in [0.717, 1.165) is 50.0 Å². The maximum atomic E-state index is 12.7. The van der Waals surface area contributed by atoms with E-state index in [1.807, 2.05) is 43.1 Å². The van der Waals surface area contributed by atoms with Crippen molar-refractivity contribution in [3.05, 3.63) is 35.4 Å². The number of urea groups is 1. The number of likely N-dealkylation sites (tertiary alicyclic amines) is 1. The van der Waals surface area contributed by atoms with Gasteiger partial charge in [-0.25, -0.2) is 4.79 Å². The molecule has 1 aromatic carbocycles. The Kier molecular flexibility index (Phi) is 7.25. The first-order chi connectivity index (χ1) is 12.0. The second-order valence-corrected chi connectivity index (χ2v) is 6.90. The zero-order chi connectivity index (χ0) is 18.2. The number of carbonyl (C=O) groups excluding carboxylic acids is 2. The van der Waals surface area contributed by atoms with E-state index in [4.69, 9.17) is 5.73 Å². The van der Waals surface area contributed by atoms with Crippen molar-refractivity contribution >= 4 is 11.9 Å². The highest BCUT2D eigenvalue weighted by Gasteiger charge is 2.25. The topological polar surface area (TPSA) is 87.5 Å². The van der Waals surface area contributed by atoms with Crippen molar-refractivity contribution in [1.29, 1.82) is 0 Å². The number of piperidine rings is 1. The van der Waals surface area contributed by atoms with Crippen LogP contribution in [-0.4, -0.2) is 43.5 Å². The van der Waals surface area contributed by atoms with Gasteiger partial charge in [-0.05, 0) is 51.3 Å². The summed E-state index contributed by atoms with van der Waals surface area (Å²) in [6.07, 6.45) is 3.50. The summed E-state index contributed by atoms with van der Waals surface area (Å²) in [5.74, 6) is 0.764. The summed E-state index contributed by atoms with van der Waals surface area (Å²) in [5, 5.41) is 5.90. The molecule has 1 aliphatic rings. The van der Waals surface area contributed by atoms with Crippen molar-refractivity contribution in [3.8, 4) is 0 Å². The lowest BCUT2D eigenvalue weighted by atomic mass is 9.93. The van der Waals surface area contributed by atoms with Gasteiger partial charge >= 0.3 is 6.03 Å². The molecular formula is C19H30N4O2. The second kappa shape index (κ2) is 9.42. The van der Waals surface area contributed by atoms with Gasteiger partial charge in [0.15, 0.2) is 0 Å². The smallest absolute Gasteiger partial charge is 0.312 e.